The fraction of sp³-hybridized carbons (Fsp3) is 0.300. The Bertz CT molecular complexity index is 336. The molecule has 0 radical (unpaired) electrons. The summed E-state index contributed by atoms with van der Waals surface area (Å²) in [6.07, 6.45) is 1.20. The number of carbonyl (C=O) groups is 1. The molecule has 2 N–H and O–H groups in total. The van der Waals surface area contributed by atoms with Gasteiger partial charge in [-0.25, -0.2) is 0 Å². The number of benzene rings is 1. The van der Waals surface area contributed by atoms with Gasteiger partial charge in [0.05, 0.1) is 0 Å². The average Bonchev–Trinajstić information content (AvgIpc) is 2.18. The summed E-state index contributed by atoms with van der Waals surface area (Å²) < 4.78 is 0. The van der Waals surface area contributed by atoms with Crippen LogP contribution in [0.2, 0.25) is 0 Å². The lowest BCUT2D eigenvalue weighted by Crippen LogP contribution is -1.98. The highest BCUT2D eigenvalue weighted by atomic mass is 79.9. The number of carbonyl (C=O) groups excluding carboxylic acids is 1. The standard InChI is InChI=1S/C10H11BrO3/c11-5-1-2-8(12)7-3-4-9(13)10(14)6-7/h3-4,6,13-14H,1-2,5H2. The Kier molecular flexibility index (Phi) is 3.95. The van der Waals surface area contributed by atoms with E-state index in [1.165, 1.54) is 18.2 Å². The SMILES string of the molecule is O=C(CCCBr)c1ccc(O)c(O)c1. The number of alkyl halides is 1. The molecule has 76 valence electrons. The molecule has 0 aliphatic heterocycles. The minimum atomic E-state index is -0.255. The number of ketones is 1. The van der Waals surface area contributed by atoms with Crippen molar-refractivity contribution in [2.24, 2.45) is 0 Å². The van der Waals surface area contributed by atoms with Crippen LogP contribution >= 0.6 is 15.9 Å². The zero-order chi connectivity index (χ0) is 10.6. The molecule has 0 bridgehead atoms. The zero-order valence-corrected chi connectivity index (χ0v) is 9.12. The summed E-state index contributed by atoms with van der Waals surface area (Å²) in [5.41, 5.74) is 0.432. The van der Waals surface area contributed by atoms with Crippen LogP contribution in [0.4, 0.5) is 0 Å². The van der Waals surface area contributed by atoms with Gasteiger partial charge in [-0.2, -0.15) is 0 Å². The van der Waals surface area contributed by atoms with Crippen molar-refractivity contribution in [3.8, 4) is 11.5 Å². The monoisotopic (exact) mass is 258 g/mol. The van der Waals surface area contributed by atoms with E-state index in [0.29, 0.717) is 12.0 Å². The molecule has 0 fully saturated rings. The number of hydrogen-bond acceptors (Lipinski definition) is 3. The van der Waals surface area contributed by atoms with Crippen LogP contribution in [0.5, 0.6) is 11.5 Å². The number of halogens is 1. The number of aromatic hydroxyl groups is 2. The predicted octanol–water partition coefficient (Wildman–Crippen LogP) is 2.46. The van der Waals surface area contributed by atoms with Gasteiger partial charge >= 0.3 is 0 Å². The fourth-order valence-corrected chi connectivity index (χ4v) is 1.35. The number of phenolic OH excluding ortho intramolecular Hbond substituents is 2. The maximum atomic E-state index is 11.5. The van der Waals surface area contributed by atoms with Crippen LogP contribution in [0.1, 0.15) is 23.2 Å². The Balaban J connectivity index is 2.76. The lowest BCUT2D eigenvalue weighted by atomic mass is 10.1. The van der Waals surface area contributed by atoms with Crippen molar-refractivity contribution < 1.29 is 15.0 Å². The van der Waals surface area contributed by atoms with E-state index in [2.05, 4.69) is 15.9 Å². The summed E-state index contributed by atoms with van der Waals surface area (Å²) in [5.74, 6) is -0.489. The molecular formula is C10H11BrO3. The first-order valence-corrected chi connectivity index (χ1v) is 5.38. The van der Waals surface area contributed by atoms with Crippen LogP contribution in [0.3, 0.4) is 0 Å². The Morgan fingerprint density at radius 2 is 2.00 bits per heavy atom. The highest BCUT2D eigenvalue weighted by Gasteiger charge is 2.07. The summed E-state index contributed by atoms with van der Waals surface area (Å²) in [4.78, 5) is 11.5. The number of phenols is 2. The van der Waals surface area contributed by atoms with Gasteiger partial charge in [0.2, 0.25) is 0 Å². The largest absolute Gasteiger partial charge is 0.504 e. The molecule has 3 nitrogen and oxygen atoms in total. The van der Waals surface area contributed by atoms with E-state index in [-0.39, 0.29) is 17.3 Å². The summed E-state index contributed by atoms with van der Waals surface area (Å²) in [6.45, 7) is 0. The van der Waals surface area contributed by atoms with Gasteiger partial charge in [-0.15, -0.1) is 0 Å². The van der Waals surface area contributed by atoms with Gasteiger partial charge < -0.3 is 10.2 Å². The molecule has 0 aromatic heterocycles. The highest BCUT2D eigenvalue weighted by molar-refractivity contribution is 9.09. The van der Waals surface area contributed by atoms with Crippen LogP contribution in [0, 0.1) is 0 Å². The lowest BCUT2D eigenvalue weighted by molar-refractivity contribution is 0.0981. The molecular weight excluding hydrogens is 248 g/mol. The first kappa shape index (κ1) is 11.0. The Morgan fingerprint density at radius 3 is 2.57 bits per heavy atom. The maximum absolute atomic E-state index is 11.5. The van der Waals surface area contributed by atoms with E-state index in [9.17, 15) is 4.79 Å². The minimum absolute atomic E-state index is 0.0280. The zero-order valence-electron chi connectivity index (χ0n) is 7.53. The lowest BCUT2D eigenvalue weighted by Gasteiger charge is -2.01. The summed E-state index contributed by atoms with van der Waals surface area (Å²) in [7, 11) is 0. The summed E-state index contributed by atoms with van der Waals surface area (Å²) >= 11 is 3.23. The first-order valence-electron chi connectivity index (χ1n) is 4.26. The minimum Gasteiger partial charge on any atom is -0.504 e. The second-order valence-corrected chi connectivity index (χ2v) is 3.71. The molecule has 1 rings (SSSR count). The van der Waals surface area contributed by atoms with Gasteiger partial charge in [0.25, 0.3) is 0 Å². The van der Waals surface area contributed by atoms with Crippen molar-refractivity contribution in [2.75, 3.05) is 5.33 Å². The molecule has 0 unspecified atom stereocenters. The second kappa shape index (κ2) is 5.00. The van der Waals surface area contributed by atoms with Gasteiger partial charge in [-0.3, -0.25) is 4.79 Å². The molecule has 0 heterocycles. The average molecular weight is 259 g/mol. The van der Waals surface area contributed by atoms with E-state index < -0.39 is 0 Å². The molecule has 14 heavy (non-hydrogen) atoms. The maximum Gasteiger partial charge on any atom is 0.163 e. The van der Waals surface area contributed by atoms with E-state index in [4.69, 9.17) is 10.2 Å². The van der Waals surface area contributed by atoms with Crippen LogP contribution in [0.25, 0.3) is 0 Å². The van der Waals surface area contributed by atoms with E-state index in [1.807, 2.05) is 0 Å². The third kappa shape index (κ3) is 2.73. The predicted molar refractivity (Wildman–Crippen MR) is 57.1 cm³/mol. The van der Waals surface area contributed by atoms with E-state index in [1.54, 1.807) is 0 Å². The third-order valence-electron chi connectivity index (χ3n) is 1.83. The quantitative estimate of drug-likeness (QED) is 0.496. The van der Waals surface area contributed by atoms with Crippen molar-refractivity contribution in [3.05, 3.63) is 23.8 Å². The van der Waals surface area contributed by atoms with Gasteiger partial charge in [0.15, 0.2) is 17.3 Å². The van der Waals surface area contributed by atoms with Crippen molar-refractivity contribution >= 4 is 21.7 Å². The van der Waals surface area contributed by atoms with Crippen LogP contribution in [-0.4, -0.2) is 21.3 Å². The number of rotatable bonds is 4. The van der Waals surface area contributed by atoms with Crippen molar-refractivity contribution in [2.45, 2.75) is 12.8 Å². The first-order chi connectivity index (χ1) is 6.65. The highest BCUT2D eigenvalue weighted by Crippen LogP contribution is 2.25. The van der Waals surface area contributed by atoms with Gasteiger partial charge in [-0.05, 0) is 24.6 Å². The van der Waals surface area contributed by atoms with Crippen LogP contribution in [-0.2, 0) is 0 Å². The molecule has 0 amide bonds. The van der Waals surface area contributed by atoms with Gasteiger partial charge in [0, 0.05) is 17.3 Å². The van der Waals surface area contributed by atoms with Crippen LogP contribution < -0.4 is 0 Å². The molecule has 0 aliphatic carbocycles. The van der Waals surface area contributed by atoms with E-state index in [0.717, 1.165) is 11.8 Å². The molecule has 0 spiro atoms. The number of Topliss-reactive ketones (excluding diaryl/α,β-unsaturated/α-hetero) is 1. The second-order valence-electron chi connectivity index (χ2n) is 2.92. The normalized spacial score (nSPS) is 10.1. The Morgan fingerprint density at radius 1 is 1.29 bits per heavy atom. The topological polar surface area (TPSA) is 57.5 Å². The Labute approximate surface area is 90.5 Å². The fourth-order valence-electron chi connectivity index (χ4n) is 1.07. The van der Waals surface area contributed by atoms with Gasteiger partial charge in [0.1, 0.15) is 0 Å². The molecule has 1 aromatic carbocycles. The molecule has 0 saturated heterocycles. The molecule has 4 heteroatoms. The summed E-state index contributed by atoms with van der Waals surface area (Å²) in [6, 6.07) is 4.11. The molecule has 0 aliphatic rings. The van der Waals surface area contributed by atoms with Crippen molar-refractivity contribution in [1.29, 1.82) is 0 Å². The van der Waals surface area contributed by atoms with Gasteiger partial charge in [-0.1, -0.05) is 15.9 Å². The molecule has 0 atom stereocenters. The third-order valence-corrected chi connectivity index (χ3v) is 2.40. The van der Waals surface area contributed by atoms with Crippen LogP contribution in [0.15, 0.2) is 18.2 Å². The Hall–Kier alpha value is -1.03. The van der Waals surface area contributed by atoms with E-state index >= 15 is 0 Å². The smallest absolute Gasteiger partial charge is 0.163 e. The molecule has 0 saturated carbocycles. The van der Waals surface area contributed by atoms with Crippen molar-refractivity contribution in [1.82, 2.24) is 0 Å². The van der Waals surface area contributed by atoms with Crippen molar-refractivity contribution in [3.63, 3.8) is 0 Å². The number of hydrogen-bond donors (Lipinski definition) is 2. The molecule has 1 aromatic rings. The summed E-state index contributed by atoms with van der Waals surface area (Å²) in [5, 5.41) is 19.0.